The summed E-state index contributed by atoms with van der Waals surface area (Å²) in [6.45, 7) is 1.63. The molecule has 5 heteroatoms. The van der Waals surface area contributed by atoms with Gasteiger partial charge in [0.2, 0.25) is 0 Å². The summed E-state index contributed by atoms with van der Waals surface area (Å²) in [5.41, 5.74) is 1.55. The first kappa shape index (κ1) is 14.2. The highest BCUT2D eigenvalue weighted by Gasteiger charge is 2.18. The minimum atomic E-state index is 0.120. The number of hydrogen-bond acceptors (Lipinski definition) is 3. The van der Waals surface area contributed by atoms with Crippen LogP contribution in [0.25, 0.3) is 17.0 Å². The van der Waals surface area contributed by atoms with Crippen LogP contribution in [0.2, 0.25) is 0 Å². The summed E-state index contributed by atoms with van der Waals surface area (Å²) in [5, 5.41) is 28.6. The summed E-state index contributed by atoms with van der Waals surface area (Å²) >= 11 is 0. The molecule has 112 valence electrons. The lowest BCUT2D eigenvalue weighted by Crippen LogP contribution is -2.35. The zero-order chi connectivity index (χ0) is 15.5. The van der Waals surface area contributed by atoms with E-state index in [1.165, 1.54) is 6.42 Å². The maximum atomic E-state index is 10.3. The van der Waals surface area contributed by atoms with E-state index in [0.717, 1.165) is 36.8 Å². The van der Waals surface area contributed by atoms with Crippen molar-refractivity contribution in [2.45, 2.75) is 19.3 Å². The number of aromatic hydroxyl groups is 1. The molecule has 0 unspecified atom stereocenters. The molecule has 0 spiro atoms. The Morgan fingerprint density at radius 2 is 2.00 bits per heavy atom. The van der Waals surface area contributed by atoms with E-state index in [9.17, 15) is 10.4 Å². The van der Waals surface area contributed by atoms with Crippen molar-refractivity contribution < 1.29 is 5.11 Å². The van der Waals surface area contributed by atoms with Crippen LogP contribution in [0.5, 0.6) is 5.75 Å². The van der Waals surface area contributed by atoms with Crippen LogP contribution in [-0.2, 0) is 0 Å². The maximum absolute atomic E-state index is 10.3. The fraction of sp³-hybridized carbons (Fsp3) is 0.294. The van der Waals surface area contributed by atoms with Gasteiger partial charge in [-0.3, -0.25) is 5.41 Å². The van der Waals surface area contributed by atoms with Gasteiger partial charge in [-0.15, -0.1) is 0 Å². The highest BCUT2D eigenvalue weighted by Crippen LogP contribution is 2.30. The number of H-pyrrole nitrogens is 1. The molecule has 5 nitrogen and oxygen atoms in total. The van der Waals surface area contributed by atoms with Gasteiger partial charge in [-0.1, -0.05) is 12.1 Å². The summed E-state index contributed by atoms with van der Waals surface area (Å²) in [6, 6.07) is 9.51. The second-order valence-electron chi connectivity index (χ2n) is 5.50. The van der Waals surface area contributed by atoms with Gasteiger partial charge in [0, 0.05) is 24.0 Å². The van der Waals surface area contributed by atoms with Crippen molar-refractivity contribution in [3.05, 3.63) is 35.5 Å². The smallest absolute Gasteiger partial charge is 0.148 e. The topological polar surface area (TPSA) is 86.9 Å². The Morgan fingerprint density at radius 3 is 2.68 bits per heavy atom. The zero-order valence-corrected chi connectivity index (χ0v) is 12.3. The van der Waals surface area contributed by atoms with E-state index in [1.807, 2.05) is 29.2 Å². The molecule has 2 aromatic rings. The maximum Gasteiger partial charge on any atom is 0.148 e. The summed E-state index contributed by atoms with van der Waals surface area (Å²) in [5.74, 6) is 0.357. The van der Waals surface area contributed by atoms with Crippen LogP contribution in [0, 0.1) is 16.7 Å². The van der Waals surface area contributed by atoms with Gasteiger partial charge in [0.1, 0.15) is 17.7 Å². The average molecular weight is 294 g/mol. The van der Waals surface area contributed by atoms with E-state index in [-0.39, 0.29) is 17.2 Å². The number of amidine groups is 1. The monoisotopic (exact) mass is 294 g/mol. The van der Waals surface area contributed by atoms with Crippen molar-refractivity contribution in [3.8, 4) is 11.8 Å². The van der Waals surface area contributed by atoms with E-state index in [0.29, 0.717) is 5.69 Å². The SMILES string of the molecule is N#C/C(=C\c1[nH]c2ccccc2c1O)C(=N)N1CCCCC1. The van der Waals surface area contributed by atoms with E-state index in [4.69, 9.17) is 5.41 Å². The number of hydrogen-bond donors (Lipinski definition) is 3. The molecule has 3 N–H and O–H groups in total. The lowest BCUT2D eigenvalue weighted by atomic mass is 10.1. The second kappa shape index (κ2) is 5.94. The fourth-order valence-corrected chi connectivity index (χ4v) is 2.84. The molecule has 1 saturated heterocycles. The Labute approximate surface area is 129 Å². The molecule has 0 bridgehead atoms. The van der Waals surface area contributed by atoms with Crippen molar-refractivity contribution >= 4 is 22.8 Å². The number of nitriles is 1. The zero-order valence-electron chi connectivity index (χ0n) is 12.3. The average Bonchev–Trinajstić information content (AvgIpc) is 2.89. The van der Waals surface area contributed by atoms with E-state index in [1.54, 1.807) is 6.08 Å². The van der Waals surface area contributed by atoms with Crippen molar-refractivity contribution in [1.29, 1.82) is 10.7 Å². The lowest BCUT2D eigenvalue weighted by molar-refractivity contribution is 0.341. The third-order valence-corrected chi connectivity index (χ3v) is 4.04. The molecule has 1 fully saturated rings. The van der Waals surface area contributed by atoms with E-state index in [2.05, 4.69) is 11.1 Å². The van der Waals surface area contributed by atoms with Crippen molar-refractivity contribution in [3.63, 3.8) is 0 Å². The molecule has 0 amide bonds. The molecule has 1 aliphatic rings. The van der Waals surface area contributed by atoms with Gasteiger partial charge in [-0.25, -0.2) is 0 Å². The number of nitrogens with one attached hydrogen (secondary N) is 2. The first-order chi connectivity index (χ1) is 10.7. The number of likely N-dealkylation sites (tertiary alicyclic amines) is 1. The van der Waals surface area contributed by atoms with E-state index < -0.39 is 0 Å². The molecule has 0 atom stereocenters. The van der Waals surface area contributed by atoms with Crippen LogP contribution in [0.15, 0.2) is 29.8 Å². The number of fused-ring (bicyclic) bond motifs is 1. The van der Waals surface area contributed by atoms with Gasteiger partial charge in [-0.2, -0.15) is 5.26 Å². The number of aromatic amines is 1. The molecular weight excluding hydrogens is 276 g/mol. The third-order valence-electron chi connectivity index (χ3n) is 4.04. The molecule has 22 heavy (non-hydrogen) atoms. The normalized spacial score (nSPS) is 15.8. The van der Waals surface area contributed by atoms with Crippen molar-refractivity contribution in [2.75, 3.05) is 13.1 Å². The van der Waals surface area contributed by atoms with Gasteiger partial charge in [0.05, 0.1) is 11.3 Å². The first-order valence-electron chi connectivity index (χ1n) is 7.46. The molecule has 1 aromatic carbocycles. The highest BCUT2D eigenvalue weighted by molar-refractivity contribution is 6.04. The molecule has 3 rings (SSSR count). The van der Waals surface area contributed by atoms with Gasteiger partial charge in [-0.05, 0) is 37.5 Å². The number of nitrogens with zero attached hydrogens (tertiary/aromatic N) is 2. The Kier molecular flexibility index (Phi) is 3.84. The Bertz CT molecular complexity index is 776. The predicted molar refractivity (Wildman–Crippen MR) is 86.7 cm³/mol. The van der Waals surface area contributed by atoms with Gasteiger partial charge in [0.25, 0.3) is 0 Å². The first-order valence-corrected chi connectivity index (χ1v) is 7.46. The summed E-state index contributed by atoms with van der Waals surface area (Å²) in [4.78, 5) is 5.02. The highest BCUT2D eigenvalue weighted by atomic mass is 16.3. The molecule has 0 aliphatic carbocycles. The number of rotatable bonds is 2. The Morgan fingerprint density at radius 1 is 1.27 bits per heavy atom. The van der Waals surface area contributed by atoms with Crippen LogP contribution >= 0.6 is 0 Å². The molecule has 1 aromatic heterocycles. The van der Waals surface area contributed by atoms with Crippen LogP contribution in [0.4, 0.5) is 0 Å². The fourth-order valence-electron chi connectivity index (χ4n) is 2.84. The van der Waals surface area contributed by atoms with Crippen LogP contribution < -0.4 is 0 Å². The van der Waals surface area contributed by atoms with Crippen LogP contribution in [0.3, 0.4) is 0 Å². The summed E-state index contributed by atoms with van der Waals surface area (Å²) in [6.07, 6.45) is 4.85. The van der Waals surface area contributed by atoms with Gasteiger partial charge >= 0.3 is 0 Å². The van der Waals surface area contributed by atoms with Crippen molar-refractivity contribution in [2.24, 2.45) is 0 Å². The van der Waals surface area contributed by atoms with Gasteiger partial charge < -0.3 is 15.0 Å². The Hall–Kier alpha value is -2.74. The minimum absolute atomic E-state index is 0.120. The number of piperidine rings is 1. The molecular formula is C17H18N4O. The van der Waals surface area contributed by atoms with E-state index >= 15 is 0 Å². The molecule has 0 radical (unpaired) electrons. The van der Waals surface area contributed by atoms with Crippen molar-refractivity contribution in [1.82, 2.24) is 9.88 Å². The predicted octanol–water partition coefficient (Wildman–Crippen LogP) is 3.24. The molecule has 1 aliphatic heterocycles. The molecule has 2 heterocycles. The van der Waals surface area contributed by atoms with Gasteiger partial charge in [0.15, 0.2) is 0 Å². The van der Waals surface area contributed by atoms with Crippen LogP contribution in [0.1, 0.15) is 25.0 Å². The van der Waals surface area contributed by atoms with Crippen LogP contribution in [-0.4, -0.2) is 33.9 Å². The third kappa shape index (κ3) is 2.56. The number of aromatic nitrogens is 1. The quantitative estimate of drug-likeness (QED) is 0.451. The number of benzene rings is 1. The number of para-hydroxylation sites is 1. The second-order valence-corrected chi connectivity index (χ2v) is 5.50. The summed E-state index contributed by atoms with van der Waals surface area (Å²) < 4.78 is 0. The largest absolute Gasteiger partial charge is 0.505 e. The standard InChI is InChI=1S/C17H18N4O/c18-11-12(17(19)21-8-4-1-5-9-21)10-15-16(22)13-6-2-3-7-14(13)20-15/h2-3,6-7,10,19-20,22H,1,4-5,8-9H2/b12-10+,19-17?. The summed E-state index contributed by atoms with van der Waals surface area (Å²) in [7, 11) is 0. The minimum Gasteiger partial charge on any atom is -0.505 e. The molecule has 0 saturated carbocycles. The lowest BCUT2D eigenvalue weighted by Gasteiger charge is -2.28. The Balaban J connectivity index is 1.94.